The Labute approximate surface area is 95.4 Å². The number of carbonyl (C=O) groups is 1. The lowest BCUT2D eigenvalue weighted by atomic mass is 10.2. The summed E-state index contributed by atoms with van der Waals surface area (Å²) in [6.07, 6.45) is -3.40. The number of anilines is 1. The number of hydrogen-bond donors (Lipinski definition) is 1. The maximum atomic E-state index is 12.3. The van der Waals surface area contributed by atoms with E-state index >= 15 is 0 Å². The molecule has 2 amide bonds. The number of hydrogen-bond acceptors (Lipinski definition) is 2. The van der Waals surface area contributed by atoms with Gasteiger partial charge >= 0.3 is 12.2 Å². The fourth-order valence-corrected chi connectivity index (χ4v) is 1.68. The van der Waals surface area contributed by atoms with Crippen LogP contribution in [0.1, 0.15) is 12.6 Å². The molecule has 0 saturated carbocycles. The highest BCUT2D eigenvalue weighted by Crippen LogP contribution is 2.29. The van der Waals surface area contributed by atoms with Gasteiger partial charge in [-0.25, -0.2) is 9.78 Å². The summed E-state index contributed by atoms with van der Waals surface area (Å²) >= 11 is 0. The van der Waals surface area contributed by atoms with Crippen molar-refractivity contribution in [1.82, 2.24) is 10.3 Å². The predicted molar refractivity (Wildman–Crippen MR) is 54.6 cm³/mol. The van der Waals surface area contributed by atoms with Crippen molar-refractivity contribution in [3.63, 3.8) is 0 Å². The average molecular weight is 245 g/mol. The van der Waals surface area contributed by atoms with E-state index in [1.54, 1.807) is 6.92 Å². The van der Waals surface area contributed by atoms with Gasteiger partial charge in [0.1, 0.15) is 5.69 Å². The third kappa shape index (κ3) is 2.17. The third-order valence-corrected chi connectivity index (χ3v) is 2.52. The van der Waals surface area contributed by atoms with E-state index in [0.29, 0.717) is 12.2 Å². The molecule has 1 fully saturated rings. The monoisotopic (exact) mass is 245 g/mol. The van der Waals surface area contributed by atoms with Gasteiger partial charge in [-0.05, 0) is 19.1 Å². The lowest BCUT2D eigenvalue weighted by Gasteiger charge is -2.19. The van der Waals surface area contributed by atoms with Crippen molar-refractivity contribution in [2.75, 3.05) is 11.4 Å². The van der Waals surface area contributed by atoms with Crippen molar-refractivity contribution >= 4 is 11.7 Å². The SMILES string of the molecule is CC1CNC(=O)N1c1ccc(C(F)(F)F)nc1. The highest BCUT2D eigenvalue weighted by Gasteiger charge is 2.33. The van der Waals surface area contributed by atoms with Crippen LogP contribution in [0.5, 0.6) is 0 Å². The zero-order valence-corrected chi connectivity index (χ0v) is 8.95. The molecule has 0 bridgehead atoms. The van der Waals surface area contributed by atoms with Crippen LogP contribution < -0.4 is 10.2 Å². The minimum atomic E-state index is -4.46. The Morgan fingerprint density at radius 3 is 2.59 bits per heavy atom. The van der Waals surface area contributed by atoms with Crippen LogP contribution in [0, 0.1) is 0 Å². The quantitative estimate of drug-likeness (QED) is 0.822. The third-order valence-electron chi connectivity index (χ3n) is 2.52. The van der Waals surface area contributed by atoms with Crippen molar-refractivity contribution in [3.05, 3.63) is 24.0 Å². The normalized spacial score (nSPS) is 20.6. The molecule has 4 nitrogen and oxygen atoms in total. The van der Waals surface area contributed by atoms with Gasteiger partial charge < -0.3 is 5.32 Å². The molecule has 1 aliphatic heterocycles. The molecule has 1 aliphatic rings. The van der Waals surface area contributed by atoms with Crippen LogP contribution in [0.15, 0.2) is 18.3 Å². The summed E-state index contributed by atoms with van der Waals surface area (Å²) in [5, 5.41) is 2.60. The first kappa shape index (κ1) is 11.7. The van der Waals surface area contributed by atoms with Crippen molar-refractivity contribution < 1.29 is 18.0 Å². The summed E-state index contributed by atoms with van der Waals surface area (Å²) in [5.41, 5.74) is -0.603. The molecular weight excluding hydrogens is 235 g/mol. The minimum Gasteiger partial charge on any atom is -0.336 e. The van der Waals surface area contributed by atoms with Crippen molar-refractivity contribution in [3.8, 4) is 0 Å². The summed E-state index contributed by atoms with van der Waals surface area (Å²) in [6, 6.07) is 1.70. The number of alkyl halides is 3. The number of halogens is 3. The summed E-state index contributed by atoms with van der Waals surface area (Å²) in [4.78, 5) is 16.1. The summed E-state index contributed by atoms with van der Waals surface area (Å²) < 4.78 is 36.9. The standard InChI is InChI=1S/C10H10F3N3O/c1-6-4-15-9(17)16(6)7-2-3-8(14-5-7)10(11,12)13/h2-3,5-6H,4H2,1H3,(H,15,17). The first-order valence-corrected chi connectivity index (χ1v) is 5.00. The van der Waals surface area contributed by atoms with E-state index in [1.807, 2.05) is 0 Å². The van der Waals surface area contributed by atoms with Gasteiger partial charge in [0.15, 0.2) is 0 Å². The number of carbonyl (C=O) groups excluding carboxylic acids is 1. The number of rotatable bonds is 1. The Morgan fingerprint density at radius 2 is 2.18 bits per heavy atom. The van der Waals surface area contributed by atoms with Crippen LogP contribution in [0.25, 0.3) is 0 Å². The van der Waals surface area contributed by atoms with Gasteiger partial charge in [0.25, 0.3) is 0 Å². The van der Waals surface area contributed by atoms with Crippen LogP contribution in [0.4, 0.5) is 23.7 Å². The molecular formula is C10H10F3N3O. The van der Waals surface area contributed by atoms with Gasteiger partial charge in [-0.15, -0.1) is 0 Å². The van der Waals surface area contributed by atoms with E-state index in [4.69, 9.17) is 0 Å². The number of nitrogens with one attached hydrogen (secondary N) is 1. The van der Waals surface area contributed by atoms with Gasteiger partial charge in [-0.3, -0.25) is 4.90 Å². The second kappa shape index (κ2) is 3.90. The zero-order valence-electron chi connectivity index (χ0n) is 8.95. The minimum absolute atomic E-state index is 0.0963. The molecule has 0 aliphatic carbocycles. The smallest absolute Gasteiger partial charge is 0.336 e. The maximum Gasteiger partial charge on any atom is 0.433 e. The van der Waals surface area contributed by atoms with Gasteiger partial charge in [0.2, 0.25) is 0 Å². The average Bonchev–Trinajstić information content (AvgIpc) is 2.58. The second-order valence-electron chi connectivity index (χ2n) is 3.80. The molecule has 1 saturated heterocycles. The number of pyridine rings is 1. The molecule has 1 aromatic heterocycles. The molecule has 0 radical (unpaired) electrons. The fraction of sp³-hybridized carbons (Fsp3) is 0.400. The first-order valence-electron chi connectivity index (χ1n) is 5.00. The molecule has 1 unspecified atom stereocenters. The second-order valence-corrected chi connectivity index (χ2v) is 3.80. The molecule has 17 heavy (non-hydrogen) atoms. The number of urea groups is 1. The molecule has 1 atom stereocenters. The van der Waals surface area contributed by atoms with Gasteiger partial charge in [-0.1, -0.05) is 0 Å². The van der Waals surface area contributed by atoms with Crippen LogP contribution in [-0.2, 0) is 6.18 Å². The molecule has 92 valence electrons. The maximum absolute atomic E-state index is 12.3. The highest BCUT2D eigenvalue weighted by molar-refractivity contribution is 5.94. The number of nitrogens with zero attached hydrogens (tertiary/aromatic N) is 2. The Kier molecular flexibility index (Phi) is 2.68. The molecule has 0 aromatic carbocycles. The summed E-state index contributed by atoms with van der Waals surface area (Å²) in [7, 11) is 0. The molecule has 7 heteroatoms. The highest BCUT2D eigenvalue weighted by atomic mass is 19.4. The Bertz CT molecular complexity index is 429. The van der Waals surface area contributed by atoms with E-state index in [1.165, 1.54) is 11.0 Å². The lowest BCUT2D eigenvalue weighted by Crippen LogP contribution is -2.32. The predicted octanol–water partition coefficient (Wildman–Crippen LogP) is 2.02. The van der Waals surface area contributed by atoms with Gasteiger partial charge in [0, 0.05) is 6.54 Å². The number of aromatic nitrogens is 1. The van der Waals surface area contributed by atoms with Crippen molar-refractivity contribution in [1.29, 1.82) is 0 Å². The van der Waals surface area contributed by atoms with Crippen molar-refractivity contribution in [2.45, 2.75) is 19.1 Å². The van der Waals surface area contributed by atoms with E-state index in [0.717, 1.165) is 12.3 Å². The lowest BCUT2D eigenvalue weighted by molar-refractivity contribution is -0.141. The molecule has 0 spiro atoms. The van der Waals surface area contributed by atoms with Crippen LogP contribution >= 0.6 is 0 Å². The van der Waals surface area contributed by atoms with Gasteiger partial charge in [0.05, 0.1) is 17.9 Å². The van der Waals surface area contributed by atoms with Crippen LogP contribution in [0.3, 0.4) is 0 Å². The van der Waals surface area contributed by atoms with Gasteiger partial charge in [-0.2, -0.15) is 13.2 Å². The van der Waals surface area contributed by atoms with Crippen molar-refractivity contribution in [2.24, 2.45) is 0 Å². The molecule has 2 heterocycles. The van der Waals surface area contributed by atoms with E-state index in [-0.39, 0.29) is 12.1 Å². The topological polar surface area (TPSA) is 45.2 Å². The molecule has 1 aromatic rings. The Balaban J connectivity index is 2.27. The Hall–Kier alpha value is -1.79. The summed E-state index contributed by atoms with van der Waals surface area (Å²) in [6.45, 7) is 2.27. The fourth-order valence-electron chi connectivity index (χ4n) is 1.68. The van der Waals surface area contributed by atoms with E-state index in [9.17, 15) is 18.0 Å². The van der Waals surface area contributed by atoms with Crippen LogP contribution in [0.2, 0.25) is 0 Å². The van der Waals surface area contributed by atoms with E-state index in [2.05, 4.69) is 10.3 Å². The number of amides is 2. The van der Waals surface area contributed by atoms with Crippen LogP contribution in [-0.4, -0.2) is 23.6 Å². The largest absolute Gasteiger partial charge is 0.433 e. The zero-order chi connectivity index (χ0) is 12.6. The molecule has 1 N–H and O–H groups in total. The Morgan fingerprint density at radius 1 is 1.47 bits per heavy atom. The first-order chi connectivity index (χ1) is 7.89. The molecule has 2 rings (SSSR count). The van der Waals surface area contributed by atoms with E-state index < -0.39 is 11.9 Å². The summed E-state index contributed by atoms with van der Waals surface area (Å²) in [5.74, 6) is 0.